The number of benzene rings is 1. The highest BCUT2D eigenvalue weighted by Gasteiger charge is 2.33. The first-order chi connectivity index (χ1) is 11.2. The van der Waals surface area contributed by atoms with E-state index in [2.05, 4.69) is 42.3 Å². The molecule has 2 fully saturated rings. The van der Waals surface area contributed by atoms with Gasteiger partial charge >= 0.3 is 0 Å². The van der Waals surface area contributed by atoms with Crippen molar-refractivity contribution < 1.29 is 4.74 Å². The molecule has 0 radical (unpaired) electrons. The van der Waals surface area contributed by atoms with Gasteiger partial charge in [-0.3, -0.25) is 4.90 Å². The maximum absolute atomic E-state index is 5.77. The van der Waals surface area contributed by atoms with Crippen molar-refractivity contribution in [2.45, 2.75) is 51.5 Å². The summed E-state index contributed by atoms with van der Waals surface area (Å²) in [5.41, 5.74) is 2.85. The Labute approximate surface area is 165 Å². The highest BCUT2D eigenvalue weighted by atomic mass is 35.5. The molecule has 1 aliphatic carbocycles. The van der Waals surface area contributed by atoms with Gasteiger partial charge in [-0.1, -0.05) is 38.8 Å². The number of hydrogen-bond donors (Lipinski definition) is 1. The zero-order valence-corrected chi connectivity index (χ0v) is 17.4. The van der Waals surface area contributed by atoms with Gasteiger partial charge in [0.2, 0.25) is 0 Å². The van der Waals surface area contributed by atoms with Crippen molar-refractivity contribution in [1.82, 2.24) is 10.2 Å². The van der Waals surface area contributed by atoms with E-state index in [4.69, 9.17) is 4.74 Å². The third kappa shape index (κ3) is 5.26. The van der Waals surface area contributed by atoms with Crippen molar-refractivity contribution in [1.29, 1.82) is 0 Å². The molecule has 1 saturated carbocycles. The van der Waals surface area contributed by atoms with E-state index in [1.165, 1.54) is 36.8 Å². The normalized spacial score (nSPS) is 20.0. The fourth-order valence-corrected chi connectivity index (χ4v) is 4.33. The van der Waals surface area contributed by atoms with E-state index in [9.17, 15) is 0 Å². The molecule has 1 heterocycles. The van der Waals surface area contributed by atoms with E-state index >= 15 is 0 Å². The number of piperazine rings is 1. The summed E-state index contributed by atoms with van der Waals surface area (Å²) in [4.78, 5) is 2.70. The molecule has 1 aromatic carbocycles. The largest absolute Gasteiger partial charge is 0.496 e. The minimum Gasteiger partial charge on any atom is -0.496 e. The molecule has 3 rings (SSSR count). The average Bonchev–Trinajstić information content (AvgIpc) is 3.10. The maximum Gasteiger partial charge on any atom is 0.123 e. The van der Waals surface area contributed by atoms with Crippen LogP contribution in [0.5, 0.6) is 5.75 Å². The van der Waals surface area contributed by atoms with Crippen molar-refractivity contribution in [3.8, 4) is 5.75 Å². The van der Waals surface area contributed by atoms with Crippen LogP contribution in [0.1, 0.15) is 62.6 Å². The predicted octanol–water partition coefficient (Wildman–Crippen LogP) is 4.80. The van der Waals surface area contributed by atoms with E-state index in [1.54, 1.807) is 0 Å². The van der Waals surface area contributed by atoms with Crippen LogP contribution in [0.3, 0.4) is 0 Å². The fraction of sp³-hybridized carbons (Fsp3) is 0.700. The van der Waals surface area contributed by atoms with Crippen LogP contribution in [0.25, 0.3) is 0 Å². The Morgan fingerprint density at radius 3 is 2.28 bits per heavy atom. The highest BCUT2D eigenvalue weighted by molar-refractivity contribution is 5.85. The molecule has 0 bridgehead atoms. The summed E-state index contributed by atoms with van der Waals surface area (Å²) >= 11 is 0. The summed E-state index contributed by atoms with van der Waals surface area (Å²) in [6, 6.07) is 7.37. The second-order valence-electron chi connectivity index (χ2n) is 7.43. The van der Waals surface area contributed by atoms with Gasteiger partial charge in [-0.2, -0.15) is 0 Å². The molecule has 1 aliphatic heterocycles. The summed E-state index contributed by atoms with van der Waals surface area (Å²) < 4.78 is 5.77. The first-order valence-electron chi connectivity index (χ1n) is 9.33. The van der Waals surface area contributed by atoms with Crippen LogP contribution in [0.15, 0.2) is 18.2 Å². The lowest BCUT2D eigenvalue weighted by Gasteiger charge is -2.39. The van der Waals surface area contributed by atoms with Gasteiger partial charge in [0.1, 0.15) is 5.75 Å². The van der Waals surface area contributed by atoms with Crippen LogP contribution in [0, 0.1) is 5.92 Å². The van der Waals surface area contributed by atoms with Crippen molar-refractivity contribution >= 4 is 24.8 Å². The molecule has 25 heavy (non-hydrogen) atoms. The Morgan fingerprint density at radius 1 is 1.08 bits per heavy atom. The first-order valence-corrected chi connectivity index (χ1v) is 9.33. The van der Waals surface area contributed by atoms with Gasteiger partial charge < -0.3 is 10.1 Å². The summed E-state index contributed by atoms with van der Waals surface area (Å²) in [5.74, 6) is 2.42. The lowest BCUT2D eigenvalue weighted by Crippen LogP contribution is -2.46. The van der Waals surface area contributed by atoms with Crippen LogP contribution in [-0.2, 0) is 0 Å². The van der Waals surface area contributed by atoms with Crippen molar-refractivity contribution in [2.24, 2.45) is 5.92 Å². The molecule has 0 unspecified atom stereocenters. The Bertz CT molecular complexity index is 512. The number of nitrogens with zero attached hydrogens (tertiary/aromatic N) is 1. The second kappa shape index (κ2) is 10.6. The first kappa shape index (κ1) is 22.6. The number of hydrogen-bond acceptors (Lipinski definition) is 3. The van der Waals surface area contributed by atoms with Gasteiger partial charge in [0.15, 0.2) is 0 Å². The standard InChI is InChI=1S/C20H32N2O.2ClH/c1-15(2)17-8-9-19(23-3)18(14-17)20(16-6-4-5-7-16)22-12-10-21-11-13-22;;/h8-9,14-16,20-21H,4-7,10-13H2,1-3H3;2*1H/t20-;;/m1../s1. The molecule has 3 nitrogen and oxygen atoms in total. The fourth-order valence-electron chi connectivity index (χ4n) is 4.33. The summed E-state index contributed by atoms with van der Waals surface area (Å²) in [6.07, 6.45) is 5.51. The highest BCUT2D eigenvalue weighted by Crippen LogP contribution is 2.43. The maximum atomic E-state index is 5.77. The molecule has 2 aliphatic rings. The van der Waals surface area contributed by atoms with Crippen LogP contribution in [-0.4, -0.2) is 38.2 Å². The number of ether oxygens (including phenoxy) is 1. The molecule has 0 spiro atoms. The lowest BCUT2D eigenvalue weighted by atomic mass is 9.87. The van der Waals surface area contributed by atoms with E-state index < -0.39 is 0 Å². The minimum atomic E-state index is 0. The van der Waals surface area contributed by atoms with E-state index in [0.29, 0.717) is 12.0 Å². The molecular formula is C20H34Cl2N2O. The Morgan fingerprint density at radius 2 is 1.72 bits per heavy atom. The Hall–Kier alpha value is -0.480. The van der Waals surface area contributed by atoms with Crippen LogP contribution >= 0.6 is 24.8 Å². The van der Waals surface area contributed by atoms with Gasteiger partial charge in [-0.05, 0) is 36.3 Å². The third-order valence-electron chi connectivity index (χ3n) is 5.63. The molecule has 1 N–H and O–H groups in total. The Kier molecular flexibility index (Phi) is 9.58. The molecule has 0 aromatic heterocycles. The molecular weight excluding hydrogens is 355 g/mol. The number of rotatable bonds is 5. The zero-order chi connectivity index (χ0) is 16.2. The van der Waals surface area contributed by atoms with E-state index in [-0.39, 0.29) is 24.8 Å². The lowest BCUT2D eigenvalue weighted by molar-refractivity contribution is 0.123. The second-order valence-corrected chi connectivity index (χ2v) is 7.43. The zero-order valence-electron chi connectivity index (χ0n) is 15.8. The summed E-state index contributed by atoms with van der Waals surface area (Å²) in [5, 5.41) is 3.50. The molecule has 1 aromatic rings. The molecule has 1 saturated heterocycles. The summed E-state index contributed by atoms with van der Waals surface area (Å²) in [6.45, 7) is 9.07. The van der Waals surface area contributed by atoms with Crippen molar-refractivity contribution in [3.05, 3.63) is 29.3 Å². The van der Waals surface area contributed by atoms with Gasteiger partial charge in [0.25, 0.3) is 0 Å². The monoisotopic (exact) mass is 388 g/mol. The smallest absolute Gasteiger partial charge is 0.123 e. The number of halogens is 2. The number of methoxy groups -OCH3 is 1. The van der Waals surface area contributed by atoms with Crippen molar-refractivity contribution in [3.63, 3.8) is 0 Å². The molecule has 144 valence electrons. The quantitative estimate of drug-likeness (QED) is 0.783. The van der Waals surface area contributed by atoms with Crippen LogP contribution < -0.4 is 10.1 Å². The number of nitrogens with one attached hydrogen (secondary N) is 1. The molecule has 5 heteroatoms. The van der Waals surface area contributed by atoms with Gasteiger partial charge in [0, 0.05) is 37.8 Å². The van der Waals surface area contributed by atoms with Gasteiger partial charge in [0.05, 0.1) is 7.11 Å². The van der Waals surface area contributed by atoms with Crippen molar-refractivity contribution in [2.75, 3.05) is 33.3 Å². The summed E-state index contributed by atoms with van der Waals surface area (Å²) in [7, 11) is 1.82. The average molecular weight is 389 g/mol. The van der Waals surface area contributed by atoms with Gasteiger partial charge in [-0.15, -0.1) is 24.8 Å². The minimum absolute atomic E-state index is 0. The van der Waals surface area contributed by atoms with E-state index in [0.717, 1.165) is 37.8 Å². The van der Waals surface area contributed by atoms with Gasteiger partial charge in [-0.25, -0.2) is 0 Å². The molecule has 1 atom stereocenters. The topological polar surface area (TPSA) is 24.5 Å². The van der Waals surface area contributed by atoms with Crippen LogP contribution in [0.2, 0.25) is 0 Å². The Balaban J connectivity index is 0.00000156. The molecule has 0 amide bonds. The third-order valence-corrected chi connectivity index (χ3v) is 5.63. The van der Waals surface area contributed by atoms with E-state index in [1.807, 2.05) is 7.11 Å². The predicted molar refractivity (Wildman–Crippen MR) is 111 cm³/mol. The SMILES string of the molecule is COc1ccc(C(C)C)cc1[C@@H](C1CCCC1)N1CCNCC1.Cl.Cl. The van der Waals surface area contributed by atoms with Crippen LogP contribution in [0.4, 0.5) is 0 Å².